The molecule has 0 radical (unpaired) electrons. The van der Waals surface area contributed by atoms with Crippen molar-refractivity contribution in [2.75, 3.05) is 19.0 Å². The Bertz CT molecular complexity index is 1200. The Morgan fingerprint density at radius 1 is 1.18 bits per heavy atom. The van der Waals surface area contributed by atoms with E-state index in [2.05, 4.69) is 20.6 Å². The number of methoxy groups -OCH3 is 1. The fraction of sp³-hybridized carbons (Fsp3) is 0.348. The Morgan fingerprint density at radius 3 is 2.64 bits per heavy atom. The lowest BCUT2D eigenvalue weighted by Gasteiger charge is -2.20. The first-order valence-corrected chi connectivity index (χ1v) is 10.4. The summed E-state index contributed by atoms with van der Waals surface area (Å²) in [5, 5.41) is 6.54. The summed E-state index contributed by atoms with van der Waals surface area (Å²) in [6.07, 6.45) is -4.52. The molecule has 1 aliphatic rings. The number of ether oxygens (including phenoxy) is 2. The van der Waals surface area contributed by atoms with E-state index in [4.69, 9.17) is 9.47 Å². The Kier molecular flexibility index (Phi) is 6.01. The summed E-state index contributed by atoms with van der Waals surface area (Å²) in [5.41, 5.74) is 0.346. The molecule has 1 amide bonds. The number of carbonyl (C=O) groups excluding carboxylic acids is 1. The van der Waals surface area contributed by atoms with Crippen molar-refractivity contribution < 1.29 is 27.4 Å². The normalized spacial score (nSPS) is 17.0. The molecule has 2 N–H and O–H groups in total. The maximum absolute atomic E-state index is 13.1. The number of hydrogen-bond donors (Lipinski definition) is 2. The van der Waals surface area contributed by atoms with Gasteiger partial charge in [-0.3, -0.25) is 4.79 Å². The number of hydrogen-bond acceptors (Lipinski definition) is 6. The van der Waals surface area contributed by atoms with Crippen LogP contribution >= 0.6 is 0 Å². The van der Waals surface area contributed by atoms with Crippen molar-refractivity contribution in [3.8, 4) is 11.5 Å². The standard InChI is InChI=1S/C23H23F3N4O3/c1-12(14-5-4-6-15(7-14)23(24,25)26)28-22-17-9-20(33-16-8-21(31)27-11-16)19(32-3)10-18(17)29-13(2)30-22/h4-7,9-10,12,16H,8,11H2,1-3H3,(H,27,31)(H,28,29,30)/t12-,16?/m1/s1. The number of nitrogens with one attached hydrogen (secondary N) is 2. The highest BCUT2D eigenvalue weighted by atomic mass is 19.4. The number of fused-ring (bicyclic) bond motifs is 1. The molecule has 10 heteroatoms. The minimum absolute atomic E-state index is 0.0871. The topological polar surface area (TPSA) is 85.4 Å². The summed E-state index contributed by atoms with van der Waals surface area (Å²) < 4.78 is 50.8. The summed E-state index contributed by atoms with van der Waals surface area (Å²) in [6.45, 7) is 3.88. The first kappa shape index (κ1) is 22.6. The third-order valence-electron chi connectivity index (χ3n) is 5.39. The molecular formula is C23H23F3N4O3. The van der Waals surface area contributed by atoms with E-state index < -0.39 is 17.8 Å². The van der Waals surface area contributed by atoms with E-state index in [-0.39, 0.29) is 18.4 Å². The third kappa shape index (κ3) is 4.94. The fourth-order valence-electron chi connectivity index (χ4n) is 3.73. The van der Waals surface area contributed by atoms with Crippen LogP contribution in [0.25, 0.3) is 10.9 Å². The molecular weight excluding hydrogens is 437 g/mol. The van der Waals surface area contributed by atoms with Crippen LogP contribution < -0.4 is 20.1 Å². The van der Waals surface area contributed by atoms with Gasteiger partial charge in [-0.2, -0.15) is 13.2 Å². The second-order valence-corrected chi connectivity index (χ2v) is 7.88. The number of amides is 1. The number of carbonyl (C=O) groups is 1. The number of aryl methyl sites for hydroxylation is 1. The number of halogens is 3. The number of nitrogens with zero attached hydrogens (tertiary/aromatic N) is 2. The summed E-state index contributed by atoms with van der Waals surface area (Å²) in [7, 11) is 1.51. The molecule has 33 heavy (non-hydrogen) atoms. The molecule has 0 saturated carbocycles. The zero-order valence-electron chi connectivity index (χ0n) is 18.3. The van der Waals surface area contributed by atoms with Crippen LogP contribution in [-0.4, -0.2) is 35.6 Å². The molecule has 2 aromatic carbocycles. The van der Waals surface area contributed by atoms with Crippen molar-refractivity contribution in [2.45, 2.75) is 38.6 Å². The van der Waals surface area contributed by atoms with E-state index in [9.17, 15) is 18.0 Å². The van der Waals surface area contributed by atoms with Gasteiger partial charge in [0, 0.05) is 17.5 Å². The Morgan fingerprint density at radius 2 is 1.97 bits per heavy atom. The van der Waals surface area contributed by atoms with Crippen LogP contribution in [0.2, 0.25) is 0 Å². The lowest BCUT2D eigenvalue weighted by atomic mass is 10.0. The molecule has 174 valence electrons. The summed E-state index contributed by atoms with van der Waals surface area (Å²) in [6, 6.07) is 8.14. The van der Waals surface area contributed by atoms with Crippen molar-refractivity contribution in [1.82, 2.24) is 15.3 Å². The van der Waals surface area contributed by atoms with Gasteiger partial charge in [0.1, 0.15) is 17.7 Å². The quantitative estimate of drug-likeness (QED) is 0.567. The smallest absolute Gasteiger partial charge is 0.416 e. The molecule has 0 spiro atoms. The molecule has 3 aromatic rings. The molecule has 1 aromatic heterocycles. The number of alkyl halides is 3. The number of aromatic nitrogens is 2. The van der Waals surface area contributed by atoms with Gasteiger partial charge in [-0.25, -0.2) is 9.97 Å². The van der Waals surface area contributed by atoms with E-state index in [1.54, 1.807) is 32.0 Å². The average Bonchev–Trinajstić information content (AvgIpc) is 3.17. The number of benzene rings is 2. The van der Waals surface area contributed by atoms with Crippen LogP contribution in [0.1, 0.15) is 36.3 Å². The van der Waals surface area contributed by atoms with Gasteiger partial charge in [-0.05, 0) is 37.6 Å². The first-order valence-electron chi connectivity index (χ1n) is 10.4. The second kappa shape index (κ2) is 8.76. The highest BCUT2D eigenvalue weighted by molar-refractivity contribution is 5.92. The van der Waals surface area contributed by atoms with Gasteiger partial charge in [0.2, 0.25) is 5.91 Å². The van der Waals surface area contributed by atoms with E-state index in [1.807, 2.05) is 0 Å². The third-order valence-corrected chi connectivity index (χ3v) is 5.39. The van der Waals surface area contributed by atoms with Gasteiger partial charge in [-0.15, -0.1) is 0 Å². The maximum Gasteiger partial charge on any atom is 0.416 e. The largest absolute Gasteiger partial charge is 0.493 e. The molecule has 1 aliphatic heterocycles. The zero-order chi connectivity index (χ0) is 23.8. The molecule has 2 atom stereocenters. The molecule has 7 nitrogen and oxygen atoms in total. The van der Waals surface area contributed by atoms with Crippen LogP contribution in [0, 0.1) is 6.92 Å². The number of anilines is 1. The second-order valence-electron chi connectivity index (χ2n) is 7.88. The lowest BCUT2D eigenvalue weighted by Crippen LogP contribution is -2.20. The van der Waals surface area contributed by atoms with E-state index in [1.165, 1.54) is 13.2 Å². The molecule has 0 aliphatic carbocycles. The van der Waals surface area contributed by atoms with Crippen molar-refractivity contribution in [1.29, 1.82) is 0 Å². The average molecular weight is 460 g/mol. The van der Waals surface area contributed by atoms with Gasteiger partial charge in [0.25, 0.3) is 0 Å². The van der Waals surface area contributed by atoms with Crippen LogP contribution in [0.4, 0.5) is 19.0 Å². The van der Waals surface area contributed by atoms with Gasteiger partial charge in [-0.1, -0.05) is 12.1 Å². The Balaban J connectivity index is 1.69. The van der Waals surface area contributed by atoms with E-state index in [0.717, 1.165) is 12.1 Å². The SMILES string of the molecule is COc1cc2nc(C)nc(N[C@H](C)c3cccc(C(F)(F)F)c3)c2cc1OC1CNC(=O)C1. The summed E-state index contributed by atoms with van der Waals surface area (Å²) in [5.74, 6) is 1.74. The van der Waals surface area contributed by atoms with Crippen molar-refractivity contribution in [3.05, 3.63) is 53.3 Å². The molecule has 1 unspecified atom stereocenters. The minimum Gasteiger partial charge on any atom is -0.493 e. The first-order chi connectivity index (χ1) is 15.6. The van der Waals surface area contributed by atoms with Crippen LogP contribution in [0.3, 0.4) is 0 Å². The molecule has 0 bridgehead atoms. The van der Waals surface area contributed by atoms with Gasteiger partial charge in [0.05, 0.1) is 31.2 Å². The molecule has 1 fully saturated rings. The molecule has 2 heterocycles. The van der Waals surface area contributed by atoms with Crippen molar-refractivity contribution in [3.63, 3.8) is 0 Å². The lowest BCUT2D eigenvalue weighted by molar-refractivity contribution is -0.137. The van der Waals surface area contributed by atoms with Gasteiger partial charge < -0.3 is 20.1 Å². The predicted octanol–water partition coefficient (Wildman–Crippen LogP) is 4.41. The summed E-state index contributed by atoms with van der Waals surface area (Å²) >= 11 is 0. The van der Waals surface area contributed by atoms with Gasteiger partial charge >= 0.3 is 6.18 Å². The monoisotopic (exact) mass is 460 g/mol. The minimum atomic E-state index is -4.42. The van der Waals surface area contributed by atoms with Crippen LogP contribution in [0.15, 0.2) is 36.4 Å². The molecule has 1 saturated heterocycles. The van der Waals surface area contributed by atoms with Crippen molar-refractivity contribution in [2.24, 2.45) is 0 Å². The maximum atomic E-state index is 13.1. The van der Waals surface area contributed by atoms with Crippen molar-refractivity contribution >= 4 is 22.6 Å². The Labute approximate surface area is 188 Å². The van der Waals surface area contributed by atoms with Gasteiger partial charge in [0.15, 0.2) is 11.5 Å². The highest BCUT2D eigenvalue weighted by Crippen LogP contribution is 2.37. The van der Waals surface area contributed by atoms with Crippen LogP contribution in [-0.2, 0) is 11.0 Å². The zero-order valence-corrected chi connectivity index (χ0v) is 18.3. The fourth-order valence-corrected chi connectivity index (χ4v) is 3.73. The molecule has 4 rings (SSSR count). The number of rotatable bonds is 6. The van der Waals surface area contributed by atoms with E-state index >= 15 is 0 Å². The van der Waals surface area contributed by atoms with Crippen LogP contribution in [0.5, 0.6) is 11.5 Å². The predicted molar refractivity (Wildman–Crippen MR) is 116 cm³/mol. The summed E-state index contributed by atoms with van der Waals surface area (Å²) in [4.78, 5) is 20.4. The Hall–Kier alpha value is -3.56. The van der Waals surface area contributed by atoms with E-state index in [0.29, 0.717) is 46.2 Å². The highest BCUT2D eigenvalue weighted by Gasteiger charge is 2.31.